The number of methoxy groups -OCH3 is 1. The van der Waals surface area contributed by atoms with Crippen LogP contribution in [-0.4, -0.2) is 29.4 Å². The fourth-order valence-corrected chi connectivity index (χ4v) is 2.37. The van der Waals surface area contributed by atoms with Gasteiger partial charge in [-0.15, -0.1) is 0 Å². The van der Waals surface area contributed by atoms with Gasteiger partial charge < -0.3 is 9.64 Å². The van der Waals surface area contributed by atoms with Gasteiger partial charge in [0.2, 0.25) is 11.7 Å². The highest BCUT2D eigenvalue weighted by Gasteiger charge is 2.38. The summed E-state index contributed by atoms with van der Waals surface area (Å²) in [7, 11) is 1.25. The van der Waals surface area contributed by atoms with Crippen LogP contribution in [0.25, 0.3) is 0 Å². The number of amides is 1. The maximum absolute atomic E-state index is 11.5. The zero-order chi connectivity index (χ0) is 15.0. The number of rotatable bonds is 3. The summed E-state index contributed by atoms with van der Waals surface area (Å²) in [4.78, 5) is 33.4. The van der Waals surface area contributed by atoms with Crippen molar-refractivity contribution in [3.05, 3.63) is 31.9 Å². The molecule has 1 aromatic rings. The summed E-state index contributed by atoms with van der Waals surface area (Å²) >= 11 is 0. The molecule has 0 unspecified atom stereocenters. The van der Waals surface area contributed by atoms with Crippen LogP contribution >= 0.6 is 0 Å². The zero-order valence-corrected chi connectivity index (χ0v) is 10.8. The van der Waals surface area contributed by atoms with Gasteiger partial charge >= 0.3 is 5.69 Å². The van der Waals surface area contributed by atoms with Gasteiger partial charge in [-0.25, -0.2) is 0 Å². The van der Waals surface area contributed by atoms with Crippen LogP contribution in [0.2, 0.25) is 0 Å². The molecule has 1 heterocycles. The first-order valence-corrected chi connectivity index (χ1v) is 5.69. The number of benzene rings is 1. The maximum Gasteiger partial charge on any atom is 0.318 e. The molecule has 1 aliphatic rings. The Bertz CT molecular complexity index is 627. The first-order valence-electron chi connectivity index (χ1n) is 5.69. The minimum Gasteiger partial charge on any atom is -0.490 e. The Morgan fingerprint density at radius 1 is 1.30 bits per heavy atom. The van der Waals surface area contributed by atoms with E-state index in [1.165, 1.54) is 18.9 Å². The van der Waals surface area contributed by atoms with Crippen molar-refractivity contribution >= 4 is 23.0 Å². The Hall–Kier alpha value is -2.71. The molecule has 0 radical (unpaired) electrons. The summed E-state index contributed by atoms with van der Waals surface area (Å²) in [5.74, 6) is -0.387. The molecule has 0 bridgehead atoms. The molecular formula is C11H11N3O6. The normalized spacial score (nSPS) is 13.0. The number of nitro groups is 2. The average molecular weight is 281 g/mol. The van der Waals surface area contributed by atoms with Crippen molar-refractivity contribution in [2.75, 3.05) is 18.6 Å². The molecule has 0 saturated carbocycles. The predicted octanol–water partition coefficient (Wildman–Crippen LogP) is 1.42. The summed E-state index contributed by atoms with van der Waals surface area (Å²) < 4.78 is 5.01. The highest BCUT2D eigenvalue weighted by Crippen LogP contribution is 2.47. The van der Waals surface area contributed by atoms with Gasteiger partial charge in [-0.3, -0.25) is 25.0 Å². The number of carbonyl (C=O) groups is 1. The molecule has 1 aromatic carbocycles. The van der Waals surface area contributed by atoms with Crippen molar-refractivity contribution in [1.82, 2.24) is 0 Å². The molecule has 0 aromatic heterocycles. The van der Waals surface area contributed by atoms with E-state index < -0.39 is 21.2 Å². The van der Waals surface area contributed by atoms with Crippen molar-refractivity contribution in [2.24, 2.45) is 0 Å². The van der Waals surface area contributed by atoms with Crippen molar-refractivity contribution in [3.8, 4) is 5.75 Å². The van der Waals surface area contributed by atoms with E-state index in [9.17, 15) is 25.0 Å². The Morgan fingerprint density at radius 3 is 2.35 bits per heavy atom. The Labute approximate surface area is 113 Å². The van der Waals surface area contributed by atoms with E-state index in [-0.39, 0.29) is 30.3 Å². The number of carbonyl (C=O) groups excluding carboxylic acids is 1. The number of nitrogens with zero attached hydrogens (tertiary/aromatic N) is 3. The number of hydrogen-bond acceptors (Lipinski definition) is 6. The van der Waals surface area contributed by atoms with Crippen LogP contribution in [0, 0.1) is 20.2 Å². The molecule has 106 valence electrons. The van der Waals surface area contributed by atoms with E-state index in [0.717, 1.165) is 6.07 Å². The molecule has 9 nitrogen and oxygen atoms in total. The summed E-state index contributed by atoms with van der Waals surface area (Å²) in [6, 6.07) is 0.832. The monoisotopic (exact) mass is 281 g/mol. The average Bonchev–Trinajstić information content (AvgIpc) is 2.80. The number of anilines is 1. The molecule has 0 N–H and O–H groups in total. The van der Waals surface area contributed by atoms with Gasteiger partial charge in [0.15, 0.2) is 0 Å². The minimum atomic E-state index is -0.734. The second-order valence-electron chi connectivity index (χ2n) is 4.21. The lowest BCUT2D eigenvalue weighted by Gasteiger charge is -2.15. The first-order chi connectivity index (χ1) is 9.38. The fourth-order valence-electron chi connectivity index (χ4n) is 2.37. The third kappa shape index (κ3) is 1.92. The molecule has 20 heavy (non-hydrogen) atoms. The lowest BCUT2D eigenvalue weighted by Crippen LogP contribution is -2.26. The summed E-state index contributed by atoms with van der Waals surface area (Å²) in [5.41, 5.74) is -0.517. The van der Waals surface area contributed by atoms with Gasteiger partial charge in [-0.1, -0.05) is 0 Å². The van der Waals surface area contributed by atoms with Crippen molar-refractivity contribution in [1.29, 1.82) is 0 Å². The summed E-state index contributed by atoms with van der Waals surface area (Å²) in [5, 5.41) is 22.1. The molecule has 1 amide bonds. The highest BCUT2D eigenvalue weighted by molar-refractivity contribution is 5.98. The number of fused-ring (bicyclic) bond motifs is 1. The van der Waals surface area contributed by atoms with Crippen LogP contribution < -0.4 is 9.64 Å². The zero-order valence-electron chi connectivity index (χ0n) is 10.8. The van der Waals surface area contributed by atoms with Gasteiger partial charge in [0.1, 0.15) is 11.8 Å². The van der Waals surface area contributed by atoms with Crippen LogP contribution in [-0.2, 0) is 11.2 Å². The van der Waals surface area contributed by atoms with Crippen LogP contribution in [0.15, 0.2) is 6.07 Å². The molecule has 0 saturated heterocycles. The van der Waals surface area contributed by atoms with Gasteiger partial charge in [0, 0.05) is 19.0 Å². The quantitative estimate of drug-likeness (QED) is 0.611. The van der Waals surface area contributed by atoms with Gasteiger partial charge in [0.05, 0.1) is 17.0 Å². The van der Waals surface area contributed by atoms with Crippen molar-refractivity contribution in [2.45, 2.75) is 13.3 Å². The predicted molar refractivity (Wildman–Crippen MR) is 68.0 cm³/mol. The molecule has 0 atom stereocenters. The van der Waals surface area contributed by atoms with Crippen molar-refractivity contribution in [3.63, 3.8) is 0 Å². The van der Waals surface area contributed by atoms with E-state index in [0.29, 0.717) is 5.56 Å². The van der Waals surface area contributed by atoms with E-state index in [1.54, 1.807) is 0 Å². The van der Waals surface area contributed by atoms with Gasteiger partial charge in [0.25, 0.3) is 5.69 Å². The lowest BCUT2D eigenvalue weighted by molar-refractivity contribution is -0.394. The molecule has 0 fully saturated rings. The topological polar surface area (TPSA) is 116 Å². The number of nitro benzene ring substituents is 2. The SMILES string of the molecule is COc1c([N+](=O)[O-])cc([N+](=O)[O-])c2c1CCN2C(C)=O. The Kier molecular flexibility index (Phi) is 3.26. The third-order valence-electron chi connectivity index (χ3n) is 3.14. The molecule has 1 aliphatic heterocycles. The maximum atomic E-state index is 11.5. The second kappa shape index (κ2) is 4.76. The molecule has 0 aliphatic carbocycles. The largest absolute Gasteiger partial charge is 0.490 e. The summed E-state index contributed by atoms with van der Waals surface area (Å²) in [6.45, 7) is 1.52. The van der Waals surface area contributed by atoms with Crippen LogP contribution in [0.4, 0.5) is 17.1 Å². The van der Waals surface area contributed by atoms with Crippen LogP contribution in [0.1, 0.15) is 12.5 Å². The van der Waals surface area contributed by atoms with Crippen molar-refractivity contribution < 1.29 is 19.4 Å². The molecular weight excluding hydrogens is 270 g/mol. The number of hydrogen-bond donors (Lipinski definition) is 0. The smallest absolute Gasteiger partial charge is 0.318 e. The molecule has 2 rings (SSSR count). The van der Waals surface area contributed by atoms with Crippen LogP contribution in [0.3, 0.4) is 0 Å². The Balaban J connectivity index is 2.80. The van der Waals surface area contributed by atoms with Gasteiger partial charge in [-0.05, 0) is 6.42 Å². The van der Waals surface area contributed by atoms with E-state index in [4.69, 9.17) is 4.74 Å². The van der Waals surface area contributed by atoms with E-state index >= 15 is 0 Å². The molecule has 9 heteroatoms. The van der Waals surface area contributed by atoms with E-state index in [1.807, 2.05) is 0 Å². The standard InChI is InChI=1S/C11H11N3O6/c1-6(15)12-4-3-7-10(12)8(13(16)17)5-9(14(18)19)11(7)20-2/h5H,3-4H2,1-2H3. The highest BCUT2D eigenvalue weighted by atomic mass is 16.6. The lowest BCUT2D eigenvalue weighted by atomic mass is 10.1. The minimum absolute atomic E-state index is 0.0284. The first kappa shape index (κ1) is 13.7. The molecule has 0 spiro atoms. The summed E-state index contributed by atoms with van der Waals surface area (Å²) in [6.07, 6.45) is 0.278. The number of ether oxygens (including phenoxy) is 1. The third-order valence-corrected chi connectivity index (χ3v) is 3.14. The van der Waals surface area contributed by atoms with Crippen LogP contribution in [0.5, 0.6) is 5.75 Å². The van der Waals surface area contributed by atoms with Gasteiger partial charge in [-0.2, -0.15) is 0 Å². The fraction of sp³-hybridized carbons (Fsp3) is 0.364. The van der Waals surface area contributed by atoms with E-state index in [2.05, 4.69) is 0 Å². The Morgan fingerprint density at radius 2 is 1.90 bits per heavy atom. The second-order valence-corrected chi connectivity index (χ2v) is 4.21.